The van der Waals surface area contributed by atoms with E-state index >= 15 is 0 Å². The number of esters is 3. The van der Waals surface area contributed by atoms with Gasteiger partial charge in [0.05, 0.1) is 0 Å². The predicted octanol–water partition coefficient (Wildman–Crippen LogP) is 21.3. The third kappa shape index (κ3) is 61.4. The number of carbonyl (C=O) groups is 3. The Labute approximate surface area is 478 Å². The molecule has 0 saturated heterocycles. The van der Waals surface area contributed by atoms with Crippen molar-refractivity contribution in [3.05, 3.63) is 182 Å². The summed E-state index contributed by atoms with van der Waals surface area (Å²) in [6.45, 7) is 6.28. The van der Waals surface area contributed by atoms with Crippen molar-refractivity contribution in [2.45, 2.75) is 239 Å². The fourth-order valence-corrected chi connectivity index (χ4v) is 7.58. The molecule has 0 aromatic heterocycles. The average Bonchev–Trinajstić information content (AvgIpc) is 3.44. The quantitative estimate of drug-likeness (QED) is 0.0261. The molecule has 6 heteroatoms. The Morgan fingerprint density at radius 2 is 0.513 bits per heavy atom. The molecule has 0 aliphatic carbocycles. The first-order valence-corrected chi connectivity index (χ1v) is 30.8. The Kier molecular flexibility index (Phi) is 59.5. The SMILES string of the molecule is CC/C=C\C/C=C\C/C=C\C/C=C\C/C=C\C/C=C\C/C=C\CCCC(=O)OCC(COC(=O)CCCCCCC/C=C\C/C=C\CCCCCC)OC(=O)CCCC/C=C\C/C=C\C/C=C\C/C=C\C/C=C\C/C=C\CC. The lowest BCUT2D eigenvalue weighted by atomic mass is 10.1. The van der Waals surface area contributed by atoms with Crippen LogP contribution < -0.4 is 0 Å². The third-order valence-corrected chi connectivity index (χ3v) is 12.1. The molecule has 0 aliphatic heterocycles. The van der Waals surface area contributed by atoms with Gasteiger partial charge in [-0.1, -0.05) is 242 Å². The minimum atomic E-state index is -0.843. The molecular weight excluding hydrogens is 961 g/mol. The molecule has 0 radical (unpaired) electrons. The Morgan fingerprint density at radius 1 is 0.269 bits per heavy atom. The van der Waals surface area contributed by atoms with Crippen LogP contribution in [0.15, 0.2) is 182 Å². The molecule has 0 spiro atoms. The molecule has 0 aliphatic rings. The predicted molar refractivity (Wildman–Crippen MR) is 338 cm³/mol. The number of ether oxygens (including phenoxy) is 3. The van der Waals surface area contributed by atoms with Crippen LogP contribution in [0.5, 0.6) is 0 Å². The van der Waals surface area contributed by atoms with Crippen LogP contribution in [0.3, 0.4) is 0 Å². The van der Waals surface area contributed by atoms with Gasteiger partial charge in [0, 0.05) is 19.3 Å². The van der Waals surface area contributed by atoms with Crippen LogP contribution in [0.2, 0.25) is 0 Å². The van der Waals surface area contributed by atoms with Crippen molar-refractivity contribution in [1.82, 2.24) is 0 Å². The fraction of sp³-hybridized carbons (Fsp3) is 0.542. The lowest BCUT2D eigenvalue weighted by Gasteiger charge is -2.18. The van der Waals surface area contributed by atoms with Gasteiger partial charge >= 0.3 is 17.9 Å². The highest BCUT2D eigenvalue weighted by Gasteiger charge is 2.19. The first-order chi connectivity index (χ1) is 38.5. The van der Waals surface area contributed by atoms with Gasteiger partial charge in [0.2, 0.25) is 0 Å². The molecule has 78 heavy (non-hydrogen) atoms. The van der Waals surface area contributed by atoms with Crippen LogP contribution in [-0.2, 0) is 28.6 Å². The van der Waals surface area contributed by atoms with E-state index in [1.54, 1.807) is 0 Å². The van der Waals surface area contributed by atoms with Crippen LogP contribution >= 0.6 is 0 Å². The minimum absolute atomic E-state index is 0.131. The Balaban J connectivity index is 4.63. The van der Waals surface area contributed by atoms with Crippen LogP contribution in [0.4, 0.5) is 0 Å². The van der Waals surface area contributed by atoms with Gasteiger partial charge in [0.25, 0.3) is 0 Å². The number of hydrogen-bond donors (Lipinski definition) is 0. The zero-order chi connectivity index (χ0) is 56.4. The zero-order valence-corrected chi connectivity index (χ0v) is 49.6. The molecular formula is C72H110O6. The summed E-state index contributed by atoms with van der Waals surface area (Å²) < 4.78 is 16.8. The highest BCUT2D eigenvalue weighted by atomic mass is 16.6. The second kappa shape index (κ2) is 64.0. The first kappa shape index (κ1) is 72.5. The smallest absolute Gasteiger partial charge is 0.306 e. The number of allylic oxidation sites excluding steroid dienone is 30. The van der Waals surface area contributed by atoms with Crippen LogP contribution in [0.1, 0.15) is 233 Å². The standard InChI is InChI=1S/C72H110O6/c1-4-7-10-13-16-19-22-25-28-31-33-35-36-38-39-41-44-47-50-53-56-59-62-65-71(74)77-68-69(67-76-70(73)64-61-58-55-52-49-46-43-30-27-24-21-18-15-12-9-6-3)78-72(75)66-63-60-57-54-51-48-45-42-40-37-34-32-29-26-23-20-17-14-11-8-5-2/h7-8,10-11,16-17,19-21,24-26,28-30,33-35,37-39,42-45,47,51,53-54,56,69H,4-6,9,12-15,18,22-23,27,31-32,36,40-41,46,48-50,52,55,57-68H2,1-3H3/b10-7-,11-8-,19-16-,20-17-,24-21-,28-25-,29-26-,35-33-,37-34-,39-38-,43-30-,45-42-,47-44-,54-51-,56-53-. The Bertz CT molecular complexity index is 1850. The lowest BCUT2D eigenvalue weighted by molar-refractivity contribution is -0.167. The first-order valence-electron chi connectivity index (χ1n) is 30.8. The van der Waals surface area contributed by atoms with E-state index in [4.69, 9.17) is 14.2 Å². The van der Waals surface area contributed by atoms with E-state index in [0.717, 1.165) is 148 Å². The maximum absolute atomic E-state index is 12.9. The van der Waals surface area contributed by atoms with Gasteiger partial charge in [-0.2, -0.15) is 0 Å². The molecule has 0 heterocycles. The molecule has 0 aromatic carbocycles. The van der Waals surface area contributed by atoms with Crippen molar-refractivity contribution in [1.29, 1.82) is 0 Å². The van der Waals surface area contributed by atoms with E-state index in [0.29, 0.717) is 19.3 Å². The van der Waals surface area contributed by atoms with Gasteiger partial charge in [0.1, 0.15) is 13.2 Å². The summed E-state index contributed by atoms with van der Waals surface area (Å²) in [4.78, 5) is 38.3. The molecule has 0 N–H and O–H groups in total. The normalized spacial score (nSPS) is 13.4. The molecule has 6 nitrogen and oxygen atoms in total. The second-order valence-electron chi connectivity index (χ2n) is 19.5. The highest BCUT2D eigenvalue weighted by molar-refractivity contribution is 5.71. The van der Waals surface area contributed by atoms with Crippen LogP contribution in [0.25, 0.3) is 0 Å². The molecule has 0 rings (SSSR count). The summed E-state index contributed by atoms with van der Waals surface area (Å²) >= 11 is 0. The average molecular weight is 1070 g/mol. The lowest BCUT2D eigenvalue weighted by Crippen LogP contribution is -2.30. The maximum atomic E-state index is 12.9. The van der Waals surface area contributed by atoms with E-state index in [-0.39, 0.29) is 44.0 Å². The summed E-state index contributed by atoms with van der Waals surface area (Å²) in [6, 6.07) is 0. The minimum Gasteiger partial charge on any atom is -0.462 e. The van der Waals surface area contributed by atoms with Gasteiger partial charge in [0.15, 0.2) is 6.10 Å². The summed E-state index contributed by atoms with van der Waals surface area (Å²) in [7, 11) is 0. The molecule has 0 amide bonds. The molecule has 0 fully saturated rings. The second-order valence-corrected chi connectivity index (χ2v) is 19.5. The summed E-state index contributed by atoms with van der Waals surface area (Å²) in [5.74, 6) is -1.06. The largest absolute Gasteiger partial charge is 0.462 e. The van der Waals surface area contributed by atoms with Crippen molar-refractivity contribution in [3.63, 3.8) is 0 Å². The summed E-state index contributed by atoms with van der Waals surface area (Å²) in [5, 5.41) is 0. The van der Waals surface area contributed by atoms with Crippen molar-refractivity contribution in [2.24, 2.45) is 0 Å². The molecule has 0 bridgehead atoms. The van der Waals surface area contributed by atoms with Crippen molar-refractivity contribution >= 4 is 17.9 Å². The monoisotopic (exact) mass is 1070 g/mol. The third-order valence-electron chi connectivity index (χ3n) is 12.1. The Morgan fingerprint density at radius 3 is 0.859 bits per heavy atom. The molecule has 434 valence electrons. The number of carbonyl (C=O) groups excluding carboxylic acids is 3. The van der Waals surface area contributed by atoms with E-state index in [1.807, 2.05) is 0 Å². The summed E-state index contributed by atoms with van der Waals surface area (Å²) in [5.41, 5.74) is 0. The Hall–Kier alpha value is -5.49. The molecule has 0 saturated carbocycles. The molecule has 0 aromatic rings. The number of rotatable bonds is 53. The number of unbranched alkanes of at least 4 members (excludes halogenated alkanes) is 12. The highest BCUT2D eigenvalue weighted by Crippen LogP contribution is 2.12. The van der Waals surface area contributed by atoms with Crippen molar-refractivity contribution in [3.8, 4) is 0 Å². The van der Waals surface area contributed by atoms with Crippen molar-refractivity contribution < 1.29 is 28.6 Å². The van der Waals surface area contributed by atoms with Crippen molar-refractivity contribution in [2.75, 3.05) is 13.2 Å². The zero-order valence-electron chi connectivity index (χ0n) is 49.6. The summed E-state index contributed by atoms with van der Waals surface area (Å²) in [6.07, 6.45) is 96.0. The van der Waals surface area contributed by atoms with Gasteiger partial charge in [-0.05, 0) is 154 Å². The van der Waals surface area contributed by atoms with E-state index < -0.39 is 6.10 Å². The molecule has 1 unspecified atom stereocenters. The topological polar surface area (TPSA) is 78.9 Å². The van der Waals surface area contributed by atoms with E-state index in [2.05, 4.69) is 203 Å². The van der Waals surface area contributed by atoms with Gasteiger partial charge in [-0.15, -0.1) is 0 Å². The number of hydrogen-bond acceptors (Lipinski definition) is 6. The maximum Gasteiger partial charge on any atom is 0.306 e. The van der Waals surface area contributed by atoms with Crippen LogP contribution in [0, 0.1) is 0 Å². The van der Waals surface area contributed by atoms with Gasteiger partial charge in [-0.25, -0.2) is 0 Å². The van der Waals surface area contributed by atoms with E-state index in [9.17, 15) is 14.4 Å². The fourth-order valence-electron chi connectivity index (χ4n) is 7.58. The van der Waals surface area contributed by atoms with E-state index in [1.165, 1.54) is 32.1 Å². The van der Waals surface area contributed by atoms with Gasteiger partial charge < -0.3 is 14.2 Å². The van der Waals surface area contributed by atoms with Gasteiger partial charge in [-0.3, -0.25) is 14.4 Å². The molecule has 1 atom stereocenters. The van der Waals surface area contributed by atoms with Crippen LogP contribution in [-0.4, -0.2) is 37.2 Å².